The van der Waals surface area contributed by atoms with E-state index in [0.29, 0.717) is 36.6 Å². The molecule has 1 heterocycles. The molecular weight excluding hydrogens is 414 g/mol. The van der Waals surface area contributed by atoms with E-state index in [9.17, 15) is 9.59 Å². The molecule has 2 amide bonds. The largest absolute Gasteiger partial charge is 0.362 e. The van der Waals surface area contributed by atoms with Gasteiger partial charge >= 0.3 is 0 Å². The van der Waals surface area contributed by atoms with Crippen LogP contribution in [-0.2, 0) is 9.59 Å². The fraction of sp³-hybridized carbons (Fsp3) is 0.250. The van der Waals surface area contributed by atoms with E-state index in [1.807, 2.05) is 24.3 Å². The van der Waals surface area contributed by atoms with Crippen molar-refractivity contribution in [2.75, 3.05) is 22.5 Å². The maximum absolute atomic E-state index is 12.0. The molecule has 2 N–H and O–H groups in total. The number of thioether (sulfide) groups is 1. The molecule has 5 nitrogen and oxygen atoms in total. The van der Waals surface area contributed by atoms with Crippen molar-refractivity contribution in [2.24, 2.45) is 0 Å². The molecule has 2 aromatic rings. The first-order valence-electron chi connectivity index (χ1n) is 8.92. The van der Waals surface area contributed by atoms with Crippen molar-refractivity contribution in [3.63, 3.8) is 0 Å². The number of hydrogen-bond acceptors (Lipinski definition) is 4. The molecule has 1 fully saturated rings. The van der Waals surface area contributed by atoms with Crippen molar-refractivity contribution in [1.29, 1.82) is 0 Å². The molecule has 1 saturated heterocycles. The van der Waals surface area contributed by atoms with Crippen molar-refractivity contribution >= 4 is 63.9 Å². The maximum Gasteiger partial charge on any atom is 0.233 e. The number of amides is 2. The van der Waals surface area contributed by atoms with E-state index in [0.717, 1.165) is 21.4 Å². The predicted octanol–water partition coefficient (Wildman–Crippen LogP) is 4.46. The zero-order valence-corrected chi connectivity index (χ0v) is 17.5. The van der Waals surface area contributed by atoms with Crippen LogP contribution in [0.4, 0.5) is 11.4 Å². The number of piperidine rings is 1. The monoisotopic (exact) mass is 433 g/mol. The molecule has 2 aromatic carbocycles. The Morgan fingerprint density at radius 3 is 2.32 bits per heavy atom. The topological polar surface area (TPSA) is 61.4 Å². The first kappa shape index (κ1) is 20.6. The van der Waals surface area contributed by atoms with Gasteiger partial charge in [0, 0.05) is 40.7 Å². The number of imide groups is 1. The fourth-order valence-corrected chi connectivity index (χ4v) is 3.89. The average molecular weight is 434 g/mol. The molecule has 0 radical (unpaired) electrons. The Morgan fingerprint density at radius 2 is 1.68 bits per heavy atom. The maximum atomic E-state index is 12.0. The molecule has 0 aromatic heterocycles. The smallest absolute Gasteiger partial charge is 0.233 e. The standard InChI is InChI=1S/C20H20ClN3O2S2/c21-14-4-10-17(11-5-14)28-13-12-22-20(27)23-15-6-8-16(9-7-15)24-18(25)2-1-3-19(24)26/h4-11H,1-3,12-13H2,(H2,22,23,27). The first-order valence-corrected chi connectivity index (χ1v) is 10.7. The van der Waals surface area contributed by atoms with E-state index in [1.165, 1.54) is 4.90 Å². The first-order chi connectivity index (χ1) is 13.5. The third-order valence-electron chi connectivity index (χ3n) is 4.13. The molecule has 0 atom stereocenters. The van der Waals surface area contributed by atoms with Gasteiger partial charge in [0.05, 0.1) is 5.69 Å². The fourth-order valence-electron chi connectivity index (χ4n) is 2.77. The number of anilines is 2. The van der Waals surface area contributed by atoms with Crippen LogP contribution >= 0.6 is 35.6 Å². The number of carbonyl (C=O) groups is 2. The molecule has 28 heavy (non-hydrogen) atoms. The second kappa shape index (κ2) is 9.91. The van der Waals surface area contributed by atoms with E-state index in [2.05, 4.69) is 10.6 Å². The lowest BCUT2D eigenvalue weighted by molar-refractivity contribution is -0.129. The van der Waals surface area contributed by atoms with Crippen molar-refractivity contribution in [2.45, 2.75) is 24.2 Å². The molecule has 146 valence electrons. The highest BCUT2D eigenvalue weighted by Gasteiger charge is 2.27. The normalized spacial score (nSPS) is 14.1. The molecule has 0 saturated carbocycles. The van der Waals surface area contributed by atoms with E-state index >= 15 is 0 Å². The number of hydrogen-bond donors (Lipinski definition) is 2. The van der Waals surface area contributed by atoms with Gasteiger partial charge in [-0.1, -0.05) is 11.6 Å². The highest BCUT2D eigenvalue weighted by molar-refractivity contribution is 7.99. The molecule has 0 bridgehead atoms. The molecule has 3 rings (SSSR count). The lowest BCUT2D eigenvalue weighted by Gasteiger charge is -2.25. The van der Waals surface area contributed by atoms with E-state index in [-0.39, 0.29) is 11.8 Å². The van der Waals surface area contributed by atoms with Crippen molar-refractivity contribution < 1.29 is 9.59 Å². The molecule has 1 aliphatic heterocycles. The summed E-state index contributed by atoms with van der Waals surface area (Å²) in [7, 11) is 0. The van der Waals surface area contributed by atoms with Gasteiger partial charge in [-0.15, -0.1) is 11.8 Å². The minimum Gasteiger partial charge on any atom is -0.362 e. The summed E-state index contributed by atoms with van der Waals surface area (Å²) in [6.45, 7) is 0.716. The molecule has 1 aliphatic rings. The van der Waals surface area contributed by atoms with Gasteiger partial charge in [-0.3, -0.25) is 14.5 Å². The van der Waals surface area contributed by atoms with Crippen LogP contribution in [0.3, 0.4) is 0 Å². The summed E-state index contributed by atoms with van der Waals surface area (Å²) in [6, 6.07) is 14.8. The number of nitrogens with zero attached hydrogens (tertiary/aromatic N) is 1. The quantitative estimate of drug-likeness (QED) is 0.303. The third kappa shape index (κ3) is 5.70. The van der Waals surface area contributed by atoms with Crippen LogP contribution in [0.15, 0.2) is 53.4 Å². The Morgan fingerprint density at radius 1 is 1.04 bits per heavy atom. The highest BCUT2D eigenvalue weighted by Crippen LogP contribution is 2.23. The number of benzene rings is 2. The van der Waals surface area contributed by atoms with Crippen molar-refractivity contribution in [3.8, 4) is 0 Å². The second-order valence-corrected chi connectivity index (χ2v) is 8.22. The Bertz CT molecular complexity index is 841. The Labute approximate surface area is 178 Å². The minimum absolute atomic E-state index is 0.146. The highest BCUT2D eigenvalue weighted by atomic mass is 35.5. The summed E-state index contributed by atoms with van der Waals surface area (Å²) in [4.78, 5) is 26.4. The average Bonchev–Trinajstić information content (AvgIpc) is 2.68. The summed E-state index contributed by atoms with van der Waals surface area (Å²) >= 11 is 12.9. The number of rotatable bonds is 6. The van der Waals surface area contributed by atoms with E-state index < -0.39 is 0 Å². The minimum atomic E-state index is -0.146. The van der Waals surface area contributed by atoms with Crippen LogP contribution in [0.1, 0.15) is 19.3 Å². The summed E-state index contributed by atoms with van der Waals surface area (Å²) in [5, 5.41) is 7.52. The van der Waals surface area contributed by atoms with Gasteiger partial charge in [-0.2, -0.15) is 0 Å². The van der Waals surface area contributed by atoms with Crippen LogP contribution in [0.25, 0.3) is 0 Å². The molecule has 0 aliphatic carbocycles. The summed E-state index contributed by atoms with van der Waals surface area (Å²) in [5.41, 5.74) is 1.39. The summed E-state index contributed by atoms with van der Waals surface area (Å²) in [5.74, 6) is 0.571. The Kier molecular flexibility index (Phi) is 7.30. The van der Waals surface area contributed by atoms with E-state index in [4.69, 9.17) is 23.8 Å². The van der Waals surface area contributed by atoms with Gasteiger partial charge in [-0.05, 0) is 67.2 Å². The summed E-state index contributed by atoms with van der Waals surface area (Å²) in [6.07, 6.45) is 1.45. The lowest BCUT2D eigenvalue weighted by Crippen LogP contribution is -2.40. The molecule has 8 heteroatoms. The van der Waals surface area contributed by atoms with Crippen LogP contribution in [-0.4, -0.2) is 29.2 Å². The number of nitrogens with one attached hydrogen (secondary N) is 2. The number of halogens is 1. The Hall–Kier alpha value is -2.09. The van der Waals surface area contributed by atoms with Crippen LogP contribution in [0.5, 0.6) is 0 Å². The van der Waals surface area contributed by atoms with Crippen molar-refractivity contribution in [3.05, 3.63) is 53.6 Å². The van der Waals surface area contributed by atoms with Gasteiger partial charge < -0.3 is 10.6 Å². The zero-order valence-electron chi connectivity index (χ0n) is 15.1. The lowest BCUT2D eigenvalue weighted by atomic mass is 10.1. The van der Waals surface area contributed by atoms with Gasteiger partial charge in [0.2, 0.25) is 11.8 Å². The predicted molar refractivity (Wildman–Crippen MR) is 119 cm³/mol. The van der Waals surface area contributed by atoms with Crippen molar-refractivity contribution in [1.82, 2.24) is 5.32 Å². The Balaban J connectivity index is 1.44. The van der Waals surface area contributed by atoms with Crippen LogP contribution < -0.4 is 15.5 Å². The van der Waals surface area contributed by atoms with Gasteiger partial charge in [0.25, 0.3) is 0 Å². The van der Waals surface area contributed by atoms with E-state index in [1.54, 1.807) is 36.0 Å². The van der Waals surface area contributed by atoms with Crippen LogP contribution in [0, 0.1) is 0 Å². The molecular formula is C20H20ClN3O2S2. The molecule has 0 unspecified atom stereocenters. The zero-order chi connectivity index (χ0) is 19.9. The number of carbonyl (C=O) groups excluding carboxylic acids is 2. The van der Waals surface area contributed by atoms with Crippen LogP contribution in [0.2, 0.25) is 5.02 Å². The van der Waals surface area contributed by atoms with Gasteiger partial charge in [-0.25, -0.2) is 0 Å². The van der Waals surface area contributed by atoms with Gasteiger partial charge in [0.1, 0.15) is 0 Å². The molecule has 0 spiro atoms. The SMILES string of the molecule is O=C1CCCC(=O)N1c1ccc(NC(=S)NCCSc2ccc(Cl)cc2)cc1. The van der Waals surface area contributed by atoms with Gasteiger partial charge in [0.15, 0.2) is 5.11 Å². The summed E-state index contributed by atoms with van der Waals surface area (Å²) < 4.78 is 0. The number of thiocarbonyl (C=S) groups is 1. The third-order valence-corrected chi connectivity index (χ3v) is 5.65. The second-order valence-electron chi connectivity index (χ2n) is 6.21.